The van der Waals surface area contributed by atoms with Crippen LogP contribution in [0.4, 0.5) is 0 Å². The van der Waals surface area contributed by atoms with Gasteiger partial charge in [-0.2, -0.15) is 0 Å². The highest BCUT2D eigenvalue weighted by molar-refractivity contribution is 6.32. The quantitative estimate of drug-likeness (QED) is 0.909. The molecule has 0 aliphatic carbocycles. The maximum atomic E-state index is 12.4. The Morgan fingerprint density at radius 3 is 2.58 bits per heavy atom. The highest BCUT2D eigenvalue weighted by atomic mass is 35.5. The molecule has 2 aliphatic heterocycles. The van der Waals surface area contributed by atoms with Crippen molar-refractivity contribution in [3.63, 3.8) is 0 Å². The van der Waals surface area contributed by atoms with Crippen LogP contribution < -0.4 is 5.32 Å². The molecule has 1 aromatic carbocycles. The molecule has 0 saturated carbocycles. The fourth-order valence-corrected chi connectivity index (χ4v) is 3.55. The topological polar surface area (TPSA) is 35.6 Å². The van der Waals surface area contributed by atoms with Gasteiger partial charge in [-0.05, 0) is 30.4 Å². The predicted octanol–water partition coefficient (Wildman–Crippen LogP) is 2.50. The maximum absolute atomic E-state index is 12.4. The van der Waals surface area contributed by atoms with Gasteiger partial charge >= 0.3 is 0 Å². The van der Waals surface area contributed by atoms with Crippen molar-refractivity contribution < 1.29 is 4.79 Å². The summed E-state index contributed by atoms with van der Waals surface area (Å²) in [5, 5.41) is 4.11. The number of hydrogen-bond donors (Lipinski definition) is 1. The highest BCUT2D eigenvalue weighted by Crippen LogP contribution is 2.22. The van der Waals surface area contributed by atoms with Crippen molar-refractivity contribution in [3.8, 4) is 0 Å². The van der Waals surface area contributed by atoms with Crippen LogP contribution in [0.25, 0.3) is 6.08 Å². The predicted molar refractivity (Wildman–Crippen MR) is 99.1 cm³/mol. The first-order valence-corrected chi connectivity index (χ1v) is 9.24. The molecule has 1 aromatic rings. The number of hydrogen-bond acceptors (Lipinski definition) is 3. The van der Waals surface area contributed by atoms with Crippen LogP contribution in [-0.4, -0.2) is 61.5 Å². The molecule has 0 unspecified atom stereocenters. The summed E-state index contributed by atoms with van der Waals surface area (Å²) in [7, 11) is 0. The van der Waals surface area contributed by atoms with Gasteiger partial charge in [0.15, 0.2) is 0 Å². The Morgan fingerprint density at radius 1 is 1.17 bits per heavy atom. The first-order chi connectivity index (χ1) is 11.7. The van der Waals surface area contributed by atoms with E-state index in [0.717, 1.165) is 62.7 Å². The lowest BCUT2D eigenvalue weighted by Crippen LogP contribution is -2.49. The van der Waals surface area contributed by atoms with Crippen molar-refractivity contribution in [2.75, 3.05) is 45.8 Å². The van der Waals surface area contributed by atoms with Crippen molar-refractivity contribution in [3.05, 3.63) is 40.9 Å². The molecule has 1 N–H and O–H groups in total. The van der Waals surface area contributed by atoms with Crippen LogP contribution in [0.2, 0.25) is 5.02 Å². The molecular weight excluding hydrogens is 322 g/mol. The molecule has 2 heterocycles. The molecule has 130 valence electrons. The molecule has 24 heavy (non-hydrogen) atoms. The Morgan fingerprint density at radius 2 is 1.88 bits per heavy atom. The number of halogens is 1. The van der Waals surface area contributed by atoms with E-state index in [1.165, 1.54) is 0 Å². The summed E-state index contributed by atoms with van der Waals surface area (Å²) in [6.07, 6.45) is 6.44. The molecular formula is C19H26ClN3O. The Bertz CT molecular complexity index is 576. The fraction of sp³-hybridized carbons (Fsp3) is 0.526. The van der Waals surface area contributed by atoms with Crippen LogP contribution in [0.5, 0.6) is 0 Å². The maximum Gasteiger partial charge on any atom is 0.236 e. The second-order valence-electron chi connectivity index (χ2n) is 6.62. The zero-order chi connectivity index (χ0) is 16.8. The van der Waals surface area contributed by atoms with Gasteiger partial charge in [-0.15, -0.1) is 0 Å². The largest absolute Gasteiger partial charge is 0.342 e. The van der Waals surface area contributed by atoms with Gasteiger partial charge in [0.2, 0.25) is 5.91 Å². The number of nitrogens with one attached hydrogen (secondary N) is 1. The summed E-state index contributed by atoms with van der Waals surface area (Å²) in [5.41, 5.74) is 1.07. The highest BCUT2D eigenvalue weighted by Gasteiger charge is 2.23. The number of piperidine rings is 1. The smallest absolute Gasteiger partial charge is 0.236 e. The minimum Gasteiger partial charge on any atom is -0.342 e. The lowest BCUT2D eigenvalue weighted by Gasteiger charge is -2.33. The Kier molecular flexibility index (Phi) is 6.30. The summed E-state index contributed by atoms with van der Waals surface area (Å²) in [6.45, 7) is 6.22. The van der Waals surface area contributed by atoms with Gasteiger partial charge in [0.25, 0.3) is 0 Å². The molecule has 5 heteroatoms. The number of rotatable bonds is 4. The van der Waals surface area contributed by atoms with E-state index in [0.29, 0.717) is 12.5 Å². The molecule has 0 aromatic heterocycles. The number of carbonyl (C=O) groups excluding carboxylic acids is 1. The lowest BCUT2D eigenvalue weighted by atomic mass is 9.95. The standard InChI is InChI=1S/C19H26ClN3O/c20-18-4-2-1-3-17(18)6-5-16-7-11-23(12-8-16)19(24)15-22-13-9-21-10-14-22/h1-6,16,21H,7-15H2. The molecule has 2 aliphatic rings. The number of carbonyl (C=O) groups is 1. The Labute approximate surface area is 149 Å². The van der Waals surface area contributed by atoms with Crippen molar-refractivity contribution in [2.45, 2.75) is 12.8 Å². The first-order valence-electron chi connectivity index (χ1n) is 8.86. The van der Waals surface area contributed by atoms with E-state index in [-0.39, 0.29) is 5.91 Å². The summed E-state index contributed by atoms with van der Waals surface area (Å²) in [5.74, 6) is 0.815. The van der Waals surface area contributed by atoms with E-state index in [1.807, 2.05) is 29.2 Å². The van der Waals surface area contributed by atoms with Gasteiger partial charge in [-0.1, -0.05) is 42.0 Å². The fourth-order valence-electron chi connectivity index (χ4n) is 3.35. The molecule has 0 bridgehead atoms. The van der Waals surface area contributed by atoms with Crippen LogP contribution in [0.3, 0.4) is 0 Å². The van der Waals surface area contributed by atoms with Gasteiger partial charge in [0, 0.05) is 44.3 Å². The van der Waals surface area contributed by atoms with E-state index in [4.69, 9.17) is 11.6 Å². The number of allylic oxidation sites excluding steroid dienone is 1. The van der Waals surface area contributed by atoms with Crippen molar-refractivity contribution >= 4 is 23.6 Å². The second-order valence-corrected chi connectivity index (χ2v) is 7.03. The van der Waals surface area contributed by atoms with Crippen molar-refractivity contribution in [2.24, 2.45) is 5.92 Å². The van der Waals surface area contributed by atoms with E-state index in [1.54, 1.807) is 0 Å². The number of nitrogens with zero attached hydrogens (tertiary/aromatic N) is 2. The SMILES string of the molecule is O=C(CN1CCNCC1)N1CCC(C=Cc2ccccc2Cl)CC1. The van der Waals surface area contributed by atoms with E-state index in [9.17, 15) is 4.79 Å². The van der Waals surface area contributed by atoms with Crippen LogP contribution >= 0.6 is 11.6 Å². The van der Waals surface area contributed by atoms with Crippen LogP contribution in [0.1, 0.15) is 18.4 Å². The zero-order valence-electron chi connectivity index (χ0n) is 14.1. The average molecular weight is 348 g/mol. The molecule has 4 nitrogen and oxygen atoms in total. The minimum absolute atomic E-state index is 0.283. The lowest BCUT2D eigenvalue weighted by molar-refractivity contribution is -0.133. The van der Waals surface area contributed by atoms with Gasteiger partial charge in [-0.3, -0.25) is 9.69 Å². The summed E-state index contributed by atoms with van der Waals surface area (Å²) in [6, 6.07) is 7.90. The van der Waals surface area contributed by atoms with Gasteiger partial charge < -0.3 is 10.2 Å². The monoisotopic (exact) mass is 347 g/mol. The molecule has 2 saturated heterocycles. The molecule has 0 radical (unpaired) electrons. The van der Waals surface area contributed by atoms with Crippen molar-refractivity contribution in [1.29, 1.82) is 0 Å². The average Bonchev–Trinajstić information content (AvgIpc) is 2.62. The number of piperazine rings is 1. The van der Waals surface area contributed by atoms with Crippen LogP contribution in [0.15, 0.2) is 30.3 Å². The zero-order valence-corrected chi connectivity index (χ0v) is 14.8. The third-order valence-corrected chi connectivity index (χ3v) is 5.26. The minimum atomic E-state index is 0.283. The van der Waals surface area contributed by atoms with Gasteiger partial charge in [-0.25, -0.2) is 0 Å². The second kappa shape index (κ2) is 8.65. The third kappa shape index (κ3) is 4.82. The van der Waals surface area contributed by atoms with Crippen LogP contribution in [-0.2, 0) is 4.79 Å². The molecule has 2 fully saturated rings. The number of amides is 1. The molecule has 3 rings (SSSR count). The molecule has 1 amide bonds. The normalized spacial score (nSPS) is 20.6. The first kappa shape index (κ1) is 17.5. The van der Waals surface area contributed by atoms with E-state index >= 15 is 0 Å². The Balaban J connectivity index is 1.45. The van der Waals surface area contributed by atoms with E-state index < -0.39 is 0 Å². The molecule has 0 spiro atoms. The van der Waals surface area contributed by atoms with E-state index in [2.05, 4.69) is 22.4 Å². The van der Waals surface area contributed by atoms with Gasteiger partial charge in [0.1, 0.15) is 0 Å². The Hall–Kier alpha value is -1.36. The van der Waals surface area contributed by atoms with Crippen LogP contribution in [0, 0.1) is 5.92 Å². The number of likely N-dealkylation sites (tertiary alicyclic amines) is 1. The van der Waals surface area contributed by atoms with Gasteiger partial charge in [0.05, 0.1) is 6.54 Å². The summed E-state index contributed by atoms with van der Waals surface area (Å²) < 4.78 is 0. The summed E-state index contributed by atoms with van der Waals surface area (Å²) >= 11 is 6.19. The number of benzene rings is 1. The summed E-state index contributed by atoms with van der Waals surface area (Å²) in [4.78, 5) is 16.7. The van der Waals surface area contributed by atoms with Crippen molar-refractivity contribution in [1.82, 2.24) is 15.1 Å². The third-order valence-electron chi connectivity index (χ3n) is 4.91. The molecule has 0 atom stereocenters.